The van der Waals surface area contributed by atoms with Crippen molar-refractivity contribution in [3.8, 4) is 5.75 Å². The summed E-state index contributed by atoms with van der Waals surface area (Å²) in [4.78, 5) is 11.9. The molecule has 1 fully saturated rings. The molecule has 1 aromatic rings. The van der Waals surface area contributed by atoms with Crippen LogP contribution >= 0.6 is 0 Å². The van der Waals surface area contributed by atoms with E-state index in [1.54, 1.807) is 12.1 Å². The number of halogens is 2. The van der Waals surface area contributed by atoms with E-state index in [2.05, 4.69) is 10.1 Å². The molecule has 1 saturated carbocycles. The highest BCUT2D eigenvalue weighted by Crippen LogP contribution is 2.42. The molecule has 3 N–H and O–H groups in total. The molecular weight excluding hydrogens is 278 g/mol. The van der Waals surface area contributed by atoms with Crippen LogP contribution in [0.3, 0.4) is 0 Å². The van der Waals surface area contributed by atoms with Gasteiger partial charge in [-0.1, -0.05) is 18.6 Å². The molecule has 116 valence electrons. The van der Waals surface area contributed by atoms with Crippen LogP contribution in [0.1, 0.15) is 31.2 Å². The molecule has 0 aromatic heterocycles. The molecule has 0 spiro atoms. The summed E-state index contributed by atoms with van der Waals surface area (Å²) in [7, 11) is 0. The topological polar surface area (TPSA) is 64.4 Å². The number of carbonyl (C=O) groups is 1. The molecular formula is C15H20F2N2O2. The highest BCUT2D eigenvalue weighted by molar-refractivity contribution is 5.76. The first-order valence-electron chi connectivity index (χ1n) is 7.03. The molecule has 0 aliphatic heterocycles. The molecule has 1 aromatic carbocycles. The molecule has 21 heavy (non-hydrogen) atoms. The van der Waals surface area contributed by atoms with Crippen LogP contribution in [0.15, 0.2) is 24.3 Å². The monoisotopic (exact) mass is 298 g/mol. The van der Waals surface area contributed by atoms with Gasteiger partial charge in [0.25, 0.3) is 0 Å². The summed E-state index contributed by atoms with van der Waals surface area (Å²) in [5, 5.41) is 2.83. The van der Waals surface area contributed by atoms with Gasteiger partial charge in [-0.25, -0.2) is 0 Å². The summed E-state index contributed by atoms with van der Waals surface area (Å²) in [6.45, 7) is -1.92. The predicted octanol–water partition coefficient (Wildman–Crippen LogP) is 2.42. The van der Waals surface area contributed by atoms with Gasteiger partial charge in [0.1, 0.15) is 5.75 Å². The quantitative estimate of drug-likeness (QED) is 0.812. The van der Waals surface area contributed by atoms with E-state index in [9.17, 15) is 13.6 Å². The van der Waals surface area contributed by atoms with Crippen molar-refractivity contribution >= 4 is 5.91 Å². The third-order valence-corrected chi connectivity index (χ3v) is 4.02. The second-order valence-electron chi connectivity index (χ2n) is 5.53. The number of rotatable bonds is 7. The van der Waals surface area contributed by atoms with Crippen molar-refractivity contribution in [2.75, 3.05) is 6.54 Å². The summed E-state index contributed by atoms with van der Waals surface area (Å²) < 4.78 is 28.3. The van der Waals surface area contributed by atoms with Crippen molar-refractivity contribution in [2.24, 2.45) is 11.1 Å². The highest BCUT2D eigenvalue weighted by atomic mass is 19.3. The molecule has 6 heteroatoms. The molecule has 0 atom stereocenters. The lowest BCUT2D eigenvalue weighted by atomic mass is 9.66. The average molecular weight is 298 g/mol. The minimum absolute atomic E-state index is 0.0148. The predicted molar refractivity (Wildman–Crippen MR) is 74.9 cm³/mol. The number of nitrogens with one attached hydrogen (secondary N) is 1. The van der Waals surface area contributed by atoms with E-state index in [1.807, 2.05) is 0 Å². The van der Waals surface area contributed by atoms with Gasteiger partial charge in [-0.2, -0.15) is 8.78 Å². The first-order chi connectivity index (χ1) is 10.0. The van der Waals surface area contributed by atoms with Gasteiger partial charge in [0.15, 0.2) is 0 Å². The maximum atomic E-state index is 12.0. The minimum Gasteiger partial charge on any atom is -0.435 e. The van der Waals surface area contributed by atoms with E-state index >= 15 is 0 Å². The fourth-order valence-electron chi connectivity index (χ4n) is 2.52. The smallest absolute Gasteiger partial charge is 0.387 e. The van der Waals surface area contributed by atoms with E-state index in [0.717, 1.165) is 24.8 Å². The van der Waals surface area contributed by atoms with Crippen LogP contribution in [0, 0.1) is 5.41 Å². The summed E-state index contributed by atoms with van der Waals surface area (Å²) in [5.74, 6) is 0.0877. The Hall–Kier alpha value is -1.69. The van der Waals surface area contributed by atoms with E-state index in [0.29, 0.717) is 19.5 Å². The first kappa shape index (κ1) is 15.7. The number of carbonyl (C=O) groups excluding carboxylic acids is 1. The van der Waals surface area contributed by atoms with E-state index in [-0.39, 0.29) is 17.1 Å². The molecule has 1 aliphatic carbocycles. The van der Waals surface area contributed by atoms with Gasteiger partial charge in [-0.15, -0.1) is 0 Å². The fraction of sp³-hybridized carbons (Fsp3) is 0.533. The lowest BCUT2D eigenvalue weighted by molar-refractivity contribution is -0.124. The molecule has 0 saturated heterocycles. The summed E-state index contributed by atoms with van der Waals surface area (Å²) in [5.41, 5.74) is 6.54. The Kier molecular flexibility index (Phi) is 5.12. The second-order valence-corrected chi connectivity index (χ2v) is 5.53. The van der Waals surface area contributed by atoms with Crippen LogP contribution in [-0.2, 0) is 11.3 Å². The maximum absolute atomic E-state index is 12.0. The van der Waals surface area contributed by atoms with Crippen LogP contribution in [-0.4, -0.2) is 19.1 Å². The number of amides is 1. The Labute approximate surface area is 122 Å². The SMILES string of the molecule is NCC1(CC(=O)NCc2ccc(OC(F)F)cc2)CCC1. The zero-order chi connectivity index (χ0) is 15.3. The number of alkyl halides is 2. The highest BCUT2D eigenvalue weighted by Gasteiger charge is 2.37. The Balaban J connectivity index is 1.78. The number of benzene rings is 1. The van der Waals surface area contributed by atoms with Gasteiger partial charge in [0, 0.05) is 13.0 Å². The number of hydrogen-bond acceptors (Lipinski definition) is 3. The van der Waals surface area contributed by atoms with Crippen molar-refractivity contribution in [2.45, 2.75) is 38.8 Å². The van der Waals surface area contributed by atoms with E-state index in [1.165, 1.54) is 12.1 Å². The minimum atomic E-state index is -2.83. The van der Waals surface area contributed by atoms with Crippen LogP contribution in [0.4, 0.5) is 8.78 Å². The van der Waals surface area contributed by atoms with Crippen molar-refractivity contribution < 1.29 is 18.3 Å². The Morgan fingerprint density at radius 3 is 2.48 bits per heavy atom. The zero-order valence-electron chi connectivity index (χ0n) is 11.8. The van der Waals surface area contributed by atoms with Gasteiger partial charge < -0.3 is 15.8 Å². The normalized spacial score (nSPS) is 16.4. The van der Waals surface area contributed by atoms with Crippen LogP contribution < -0.4 is 15.8 Å². The lowest BCUT2D eigenvalue weighted by Gasteiger charge is -2.40. The van der Waals surface area contributed by atoms with Gasteiger partial charge >= 0.3 is 6.61 Å². The molecule has 1 aliphatic rings. The fourth-order valence-corrected chi connectivity index (χ4v) is 2.52. The third kappa shape index (κ3) is 4.39. The lowest BCUT2D eigenvalue weighted by Crippen LogP contribution is -2.41. The van der Waals surface area contributed by atoms with Crippen LogP contribution in [0.2, 0.25) is 0 Å². The van der Waals surface area contributed by atoms with Crippen LogP contribution in [0.5, 0.6) is 5.75 Å². The van der Waals surface area contributed by atoms with Crippen molar-refractivity contribution in [3.63, 3.8) is 0 Å². The van der Waals surface area contributed by atoms with Gasteiger partial charge in [-0.05, 0) is 42.5 Å². The Bertz CT molecular complexity index is 468. The first-order valence-corrected chi connectivity index (χ1v) is 7.03. The standard InChI is InChI=1S/C15H20F2N2O2/c16-14(17)21-12-4-2-11(3-5-12)9-19-13(20)8-15(10-18)6-1-7-15/h2-5,14H,1,6-10,18H2,(H,19,20). The maximum Gasteiger partial charge on any atom is 0.387 e. The summed E-state index contributed by atoms with van der Waals surface area (Å²) in [6, 6.07) is 6.22. The number of hydrogen-bond donors (Lipinski definition) is 2. The molecule has 2 rings (SSSR count). The van der Waals surface area contributed by atoms with Crippen molar-refractivity contribution in [3.05, 3.63) is 29.8 Å². The largest absolute Gasteiger partial charge is 0.435 e. The number of ether oxygens (including phenoxy) is 1. The zero-order valence-corrected chi connectivity index (χ0v) is 11.8. The molecule has 4 nitrogen and oxygen atoms in total. The Morgan fingerprint density at radius 1 is 1.33 bits per heavy atom. The van der Waals surface area contributed by atoms with Crippen molar-refractivity contribution in [1.29, 1.82) is 0 Å². The van der Waals surface area contributed by atoms with Crippen LogP contribution in [0.25, 0.3) is 0 Å². The number of nitrogens with two attached hydrogens (primary N) is 1. The van der Waals surface area contributed by atoms with Gasteiger partial charge in [0.2, 0.25) is 5.91 Å². The van der Waals surface area contributed by atoms with Gasteiger partial charge in [0.05, 0.1) is 0 Å². The van der Waals surface area contributed by atoms with E-state index < -0.39 is 6.61 Å². The van der Waals surface area contributed by atoms with Gasteiger partial charge in [-0.3, -0.25) is 4.79 Å². The molecule has 0 heterocycles. The Morgan fingerprint density at radius 2 is 2.00 bits per heavy atom. The summed E-state index contributed by atoms with van der Waals surface area (Å²) >= 11 is 0. The molecule has 0 bridgehead atoms. The molecule has 0 radical (unpaired) electrons. The average Bonchev–Trinajstić information content (AvgIpc) is 2.41. The third-order valence-electron chi connectivity index (χ3n) is 4.02. The summed E-state index contributed by atoms with van der Waals surface area (Å²) in [6.07, 6.45) is 3.61. The molecule has 1 amide bonds. The van der Waals surface area contributed by atoms with Crippen molar-refractivity contribution in [1.82, 2.24) is 5.32 Å². The molecule has 0 unspecified atom stereocenters. The second kappa shape index (κ2) is 6.85. The van der Waals surface area contributed by atoms with E-state index in [4.69, 9.17) is 5.73 Å².